The van der Waals surface area contributed by atoms with E-state index in [0.717, 1.165) is 17.1 Å². The van der Waals surface area contributed by atoms with E-state index in [0.29, 0.717) is 0 Å². The molecule has 0 aliphatic heterocycles. The molecule has 108 valence electrons. The minimum atomic E-state index is 0.201. The minimum absolute atomic E-state index is 0.201. The van der Waals surface area contributed by atoms with Gasteiger partial charge in [0.2, 0.25) is 0 Å². The molecule has 0 bridgehead atoms. The molecule has 1 aromatic carbocycles. The fraction of sp³-hybridized carbons (Fsp3) is 0.267. The van der Waals surface area contributed by atoms with Crippen molar-refractivity contribution in [3.63, 3.8) is 0 Å². The first-order chi connectivity index (χ1) is 10.1. The van der Waals surface area contributed by atoms with Crippen molar-refractivity contribution in [2.24, 2.45) is 7.05 Å². The van der Waals surface area contributed by atoms with Crippen LogP contribution in [0.25, 0.3) is 5.69 Å². The second kappa shape index (κ2) is 5.40. The van der Waals surface area contributed by atoms with Crippen LogP contribution >= 0.6 is 0 Å². The topological polar surface area (TPSA) is 60.6 Å². The predicted octanol–water partition coefficient (Wildman–Crippen LogP) is 2.48. The number of aryl methyl sites for hydroxylation is 2. The third kappa shape index (κ3) is 2.79. The first-order valence-electron chi connectivity index (χ1n) is 6.87. The van der Waals surface area contributed by atoms with E-state index >= 15 is 0 Å². The standard InChI is InChI=1S/C15H18N6/c1-11(15-10-20(3)19-12(15)2)18-13-4-6-14(7-5-13)21-16-8-9-17-21/h4-11,18H,1-3H3. The highest BCUT2D eigenvalue weighted by Crippen LogP contribution is 2.22. The summed E-state index contributed by atoms with van der Waals surface area (Å²) < 4.78 is 1.84. The maximum absolute atomic E-state index is 4.38. The summed E-state index contributed by atoms with van der Waals surface area (Å²) in [5.41, 5.74) is 4.25. The van der Waals surface area contributed by atoms with Crippen LogP contribution in [0.1, 0.15) is 24.2 Å². The van der Waals surface area contributed by atoms with Crippen molar-refractivity contribution < 1.29 is 0 Å². The number of rotatable bonds is 4. The lowest BCUT2D eigenvalue weighted by molar-refractivity contribution is 0.752. The third-order valence-electron chi connectivity index (χ3n) is 3.42. The summed E-state index contributed by atoms with van der Waals surface area (Å²) in [4.78, 5) is 1.60. The predicted molar refractivity (Wildman–Crippen MR) is 81.3 cm³/mol. The number of benzene rings is 1. The number of anilines is 1. The Morgan fingerprint density at radius 2 is 1.76 bits per heavy atom. The normalized spacial score (nSPS) is 12.3. The molecule has 1 N–H and O–H groups in total. The van der Waals surface area contributed by atoms with Gasteiger partial charge in [0.25, 0.3) is 0 Å². The van der Waals surface area contributed by atoms with Gasteiger partial charge in [-0.25, -0.2) is 0 Å². The molecule has 0 radical (unpaired) electrons. The van der Waals surface area contributed by atoms with Gasteiger partial charge >= 0.3 is 0 Å². The number of nitrogens with zero attached hydrogens (tertiary/aromatic N) is 5. The van der Waals surface area contributed by atoms with Crippen LogP contribution in [0.15, 0.2) is 42.9 Å². The molecule has 3 aromatic rings. The fourth-order valence-corrected chi connectivity index (χ4v) is 2.41. The second-order valence-corrected chi connectivity index (χ2v) is 5.07. The zero-order valence-corrected chi connectivity index (χ0v) is 12.4. The maximum Gasteiger partial charge on any atom is 0.0858 e. The maximum atomic E-state index is 4.38. The molecular formula is C15H18N6. The summed E-state index contributed by atoms with van der Waals surface area (Å²) in [5, 5.41) is 16.1. The van der Waals surface area contributed by atoms with E-state index in [9.17, 15) is 0 Å². The molecule has 0 fully saturated rings. The second-order valence-electron chi connectivity index (χ2n) is 5.07. The van der Waals surface area contributed by atoms with Crippen molar-refractivity contribution in [3.8, 4) is 5.69 Å². The van der Waals surface area contributed by atoms with Gasteiger partial charge in [-0.2, -0.15) is 20.1 Å². The van der Waals surface area contributed by atoms with Crippen LogP contribution in [0.5, 0.6) is 0 Å². The minimum Gasteiger partial charge on any atom is -0.378 e. The Morgan fingerprint density at radius 1 is 1.10 bits per heavy atom. The Balaban J connectivity index is 1.74. The molecule has 0 aliphatic carbocycles. The summed E-state index contributed by atoms with van der Waals surface area (Å²) in [6, 6.07) is 8.24. The van der Waals surface area contributed by atoms with Gasteiger partial charge in [-0.05, 0) is 38.1 Å². The van der Waals surface area contributed by atoms with E-state index < -0.39 is 0 Å². The van der Waals surface area contributed by atoms with Crippen molar-refractivity contribution in [2.75, 3.05) is 5.32 Å². The number of nitrogens with one attached hydrogen (secondary N) is 1. The van der Waals surface area contributed by atoms with E-state index in [-0.39, 0.29) is 6.04 Å². The Bertz CT molecular complexity index is 711. The lowest BCUT2D eigenvalue weighted by Gasteiger charge is -2.15. The van der Waals surface area contributed by atoms with Gasteiger partial charge in [0.15, 0.2) is 0 Å². The van der Waals surface area contributed by atoms with Gasteiger partial charge in [0.05, 0.1) is 29.8 Å². The first-order valence-corrected chi connectivity index (χ1v) is 6.87. The molecule has 1 atom stereocenters. The Labute approximate surface area is 123 Å². The summed E-state index contributed by atoms with van der Waals surface area (Å²) >= 11 is 0. The Morgan fingerprint density at radius 3 is 2.33 bits per heavy atom. The first kappa shape index (κ1) is 13.4. The highest BCUT2D eigenvalue weighted by atomic mass is 15.5. The Kier molecular flexibility index (Phi) is 3.43. The van der Waals surface area contributed by atoms with Crippen LogP contribution in [0, 0.1) is 6.92 Å². The van der Waals surface area contributed by atoms with Gasteiger partial charge in [-0.15, -0.1) is 0 Å². The van der Waals surface area contributed by atoms with Crippen LogP contribution in [0.4, 0.5) is 5.69 Å². The van der Waals surface area contributed by atoms with Gasteiger partial charge < -0.3 is 5.32 Å². The van der Waals surface area contributed by atoms with E-state index in [2.05, 4.69) is 33.7 Å². The Hall–Kier alpha value is -2.63. The summed E-state index contributed by atoms with van der Waals surface area (Å²) in [6.45, 7) is 4.16. The highest BCUT2D eigenvalue weighted by Gasteiger charge is 2.11. The lowest BCUT2D eigenvalue weighted by atomic mass is 10.1. The van der Waals surface area contributed by atoms with E-state index in [1.807, 2.05) is 42.9 Å². The molecule has 1 unspecified atom stereocenters. The van der Waals surface area contributed by atoms with E-state index in [4.69, 9.17) is 0 Å². The summed E-state index contributed by atoms with van der Waals surface area (Å²) in [5.74, 6) is 0. The van der Waals surface area contributed by atoms with Crippen LogP contribution < -0.4 is 5.32 Å². The molecule has 21 heavy (non-hydrogen) atoms. The number of aromatic nitrogens is 5. The molecule has 0 saturated carbocycles. The molecule has 0 amide bonds. The molecule has 0 aliphatic rings. The SMILES string of the molecule is Cc1nn(C)cc1C(C)Nc1ccc(-n2nccn2)cc1. The average Bonchev–Trinajstić information content (AvgIpc) is 3.09. The van der Waals surface area contributed by atoms with Crippen molar-refractivity contribution in [3.05, 3.63) is 54.1 Å². The lowest BCUT2D eigenvalue weighted by Crippen LogP contribution is -2.07. The zero-order chi connectivity index (χ0) is 14.8. The number of hydrogen-bond acceptors (Lipinski definition) is 4. The molecule has 2 heterocycles. The highest BCUT2D eigenvalue weighted by molar-refractivity contribution is 5.49. The van der Waals surface area contributed by atoms with Crippen LogP contribution in [-0.2, 0) is 7.05 Å². The largest absolute Gasteiger partial charge is 0.378 e. The fourth-order valence-electron chi connectivity index (χ4n) is 2.41. The molecule has 2 aromatic heterocycles. The molecule has 0 saturated heterocycles. The van der Waals surface area contributed by atoms with E-state index in [1.54, 1.807) is 17.2 Å². The molecule has 6 nitrogen and oxygen atoms in total. The van der Waals surface area contributed by atoms with Crippen molar-refractivity contribution in [1.29, 1.82) is 0 Å². The van der Waals surface area contributed by atoms with Crippen LogP contribution in [0.3, 0.4) is 0 Å². The van der Waals surface area contributed by atoms with Gasteiger partial charge in [0, 0.05) is 24.5 Å². The van der Waals surface area contributed by atoms with Crippen LogP contribution in [-0.4, -0.2) is 24.8 Å². The third-order valence-corrected chi connectivity index (χ3v) is 3.42. The average molecular weight is 282 g/mol. The molecule has 6 heteroatoms. The van der Waals surface area contributed by atoms with Crippen molar-refractivity contribution in [1.82, 2.24) is 24.8 Å². The van der Waals surface area contributed by atoms with E-state index in [1.165, 1.54) is 5.56 Å². The zero-order valence-electron chi connectivity index (χ0n) is 12.4. The van der Waals surface area contributed by atoms with Crippen LogP contribution in [0.2, 0.25) is 0 Å². The van der Waals surface area contributed by atoms with Gasteiger partial charge in [0.1, 0.15) is 0 Å². The van der Waals surface area contributed by atoms with Gasteiger partial charge in [-0.1, -0.05) is 0 Å². The van der Waals surface area contributed by atoms with Crippen molar-refractivity contribution in [2.45, 2.75) is 19.9 Å². The van der Waals surface area contributed by atoms with Gasteiger partial charge in [-0.3, -0.25) is 4.68 Å². The molecular weight excluding hydrogens is 264 g/mol. The van der Waals surface area contributed by atoms with Crippen molar-refractivity contribution >= 4 is 5.69 Å². The number of hydrogen-bond donors (Lipinski definition) is 1. The molecule has 3 rings (SSSR count). The summed E-state index contributed by atoms with van der Waals surface area (Å²) in [7, 11) is 1.94. The smallest absolute Gasteiger partial charge is 0.0858 e. The quantitative estimate of drug-likeness (QED) is 0.798. The molecule has 0 spiro atoms. The summed E-state index contributed by atoms with van der Waals surface area (Å²) in [6.07, 6.45) is 5.38. The monoisotopic (exact) mass is 282 g/mol.